The Morgan fingerprint density at radius 2 is 1.71 bits per heavy atom. The number of oxazole rings is 1. The van der Waals surface area contributed by atoms with Gasteiger partial charge in [-0.3, -0.25) is 4.90 Å². The summed E-state index contributed by atoms with van der Waals surface area (Å²) in [5.74, 6) is 0.672. The number of aryl methyl sites for hydroxylation is 3. The first-order chi connectivity index (χ1) is 13.3. The van der Waals surface area contributed by atoms with Crippen molar-refractivity contribution in [2.75, 3.05) is 26.2 Å². The summed E-state index contributed by atoms with van der Waals surface area (Å²) < 4.78 is 33.3. The minimum Gasteiger partial charge on any atom is -0.439 e. The molecule has 0 unspecified atom stereocenters. The molecule has 4 rings (SSSR count). The fraction of sp³-hybridized carbons (Fsp3) is 0.381. The number of rotatable bonds is 4. The SMILES string of the molecule is Cc1ccc2oc(CN3CCN(S(=O)(=O)c4ccc(C)c(C)c4)CC3)nc2c1. The standard InChI is InChI=1S/C21H25N3O3S/c1-15-4-7-20-19(12-15)22-21(27-20)14-23-8-10-24(11-9-23)28(25,26)18-6-5-16(2)17(3)13-18/h4-7,12-13H,8-11,14H2,1-3H3. The Bertz CT molecular complexity index is 1110. The van der Waals surface area contributed by atoms with E-state index in [1.807, 2.05) is 45.0 Å². The first-order valence-corrected chi connectivity index (χ1v) is 10.9. The fourth-order valence-electron chi connectivity index (χ4n) is 3.50. The molecule has 1 saturated heterocycles. The molecule has 28 heavy (non-hydrogen) atoms. The second-order valence-electron chi connectivity index (χ2n) is 7.51. The van der Waals surface area contributed by atoms with Crippen molar-refractivity contribution in [1.82, 2.24) is 14.2 Å². The molecule has 3 aromatic rings. The van der Waals surface area contributed by atoms with E-state index in [9.17, 15) is 8.42 Å². The third-order valence-electron chi connectivity index (χ3n) is 5.39. The molecule has 1 aliphatic heterocycles. The van der Waals surface area contributed by atoms with Gasteiger partial charge in [0, 0.05) is 26.2 Å². The Kier molecular flexibility index (Phi) is 4.99. The Morgan fingerprint density at radius 3 is 2.43 bits per heavy atom. The van der Waals surface area contributed by atoms with E-state index in [-0.39, 0.29) is 0 Å². The van der Waals surface area contributed by atoms with Crippen LogP contribution in [0.3, 0.4) is 0 Å². The van der Waals surface area contributed by atoms with Crippen molar-refractivity contribution in [3.8, 4) is 0 Å². The van der Waals surface area contributed by atoms with E-state index >= 15 is 0 Å². The zero-order valence-electron chi connectivity index (χ0n) is 16.5. The Hall–Kier alpha value is -2.22. The highest BCUT2D eigenvalue weighted by atomic mass is 32.2. The van der Waals surface area contributed by atoms with E-state index in [1.54, 1.807) is 16.4 Å². The lowest BCUT2D eigenvalue weighted by atomic mass is 10.1. The molecule has 148 valence electrons. The lowest BCUT2D eigenvalue weighted by Crippen LogP contribution is -2.48. The largest absolute Gasteiger partial charge is 0.439 e. The monoisotopic (exact) mass is 399 g/mol. The molecular formula is C21H25N3O3S. The molecule has 2 aromatic carbocycles. The highest BCUT2D eigenvalue weighted by Crippen LogP contribution is 2.22. The number of benzene rings is 2. The predicted octanol–water partition coefficient (Wildman–Crippen LogP) is 3.26. The van der Waals surface area contributed by atoms with Gasteiger partial charge in [0.25, 0.3) is 0 Å². The van der Waals surface area contributed by atoms with Gasteiger partial charge in [-0.1, -0.05) is 12.1 Å². The number of hydrogen-bond donors (Lipinski definition) is 0. The van der Waals surface area contributed by atoms with Gasteiger partial charge in [0.2, 0.25) is 15.9 Å². The molecule has 6 nitrogen and oxygen atoms in total. The van der Waals surface area contributed by atoms with E-state index < -0.39 is 10.0 Å². The number of sulfonamides is 1. The molecule has 7 heteroatoms. The fourth-order valence-corrected chi connectivity index (χ4v) is 5.00. The van der Waals surface area contributed by atoms with Crippen LogP contribution >= 0.6 is 0 Å². The van der Waals surface area contributed by atoms with Gasteiger partial charge in [-0.05, 0) is 61.7 Å². The first-order valence-electron chi connectivity index (χ1n) is 9.49. The molecule has 0 radical (unpaired) electrons. The van der Waals surface area contributed by atoms with Crippen molar-refractivity contribution in [2.24, 2.45) is 0 Å². The molecule has 1 aromatic heterocycles. The third kappa shape index (κ3) is 3.70. The van der Waals surface area contributed by atoms with Gasteiger partial charge < -0.3 is 4.42 Å². The molecule has 0 saturated carbocycles. The minimum atomic E-state index is -3.46. The van der Waals surface area contributed by atoms with Crippen LogP contribution in [0.5, 0.6) is 0 Å². The summed E-state index contributed by atoms with van der Waals surface area (Å²) in [6, 6.07) is 11.3. The molecule has 0 aliphatic carbocycles. The van der Waals surface area contributed by atoms with Crippen molar-refractivity contribution in [2.45, 2.75) is 32.2 Å². The zero-order valence-corrected chi connectivity index (χ0v) is 17.3. The molecule has 0 atom stereocenters. The van der Waals surface area contributed by atoms with Crippen molar-refractivity contribution < 1.29 is 12.8 Å². The van der Waals surface area contributed by atoms with E-state index in [0.29, 0.717) is 43.5 Å². The van der Waals surface area contributed by atoms with Crippen LogP contribution in [0.2, 0.25) is 0 Å². The molecule has 1 fully saturated rings. The summed E-state index contributed by atoms with van der Waals surface area (Å²) in [5.41, 5.74) is 4.89. The van der Waals surface area contributed by atoms with Crippen molar-refractivity contribution in [1.29, 1.82) is 0 Å². The van der Waals surface area contributed by atoms with Crippen LogP contribution in [-0.2, 0) is 16.6 Å². The topological polar surface area (TPSA) is 66.7 Å². The maximum Gasteiger partial charge on any atom is 0.243 e. The second-order valence-corrected chi connectivity index (χ2v) is 9.44. The summed E-state index contributed by atoms with van der Waals surface area (Å²) in [4.78, 5) is 7.12. The molecule has 0 spiro atoms. The highest BCUT2D eigenvalue weighted by Gasteiger charge is 2.29. The smallest absolute Gasteiger partial charge is 0.243 e. The Labute approximate surface area is 165 Å². The van der Waals surface area contributed by atoms with E-state index in [0.717, 1.165) is 27.8 Å². The lowest BCUT2D eigenvalue weighted by molar-refractivity contribution is 0.169. The summed E-state index contributed by atoms with van der Waals surface area (Å²) in [6.07, 6.45) is 0. The van der Waals surface area contributed by atoms with Crippen LogP contribution in [0.15, 0.2) is 45.7 Å². The van der Waals surface area contributed by atoms with Crippen molar-refractivity contribution in [3.63, 3.8) is 0 Å². The quantitative estimate of drug-likeness (QED) is 0.674. The molecule has 2 heterocycles. The van der Waals surface area contributed by atoms with Gasteiger partial charge in [-0.15, -0.1) is 0 Å². The summed E-state index contributed by atoms with van der Waals surface area (Å²) >= 11 is 0. The average molecular weight is 400 g/mol. The summed E-state index contributed by atoms with van der Waals surface area (Å²) in [7, 11) is -3.46. The highest BCUT2D eigenvalue weighted by molar-refractivity contribution is 7.89. The summed E-state index contributed by atoms with van der Waals surface area (Å²) in [5, 5.41) is 0. The van der Waals surface area contributed by atoms with Crippen LogP contribution < -0.4 is 0 Å². The van der Waals surface area contributed by atoms with Crippen LogP contribution in [-0.4, -0.2) is 48.8 Å². The number of hydrogen-bond acceptors (Lipinski definition) is 5. The zero-order chi connectivity index (χ0) is 19.9. The number of fused-ring (bicyclic) bond motifs is 1. The van der Waals surface area contributed by atoms with Gasteiger partial charge in [-0.25, -0.2) is 13.4 Å². The summed E-state index contributed by atoms with van der Waals surface area (Å²) in [6.45, 7) is 8.78. The van der Waals surface area contributed by atoms with Crippen LogP contribution in [0.4, 0.5) is 0 Å². The second kappa shape index (κ2) is 7.31. The van der Waals surface area contributed by atoms with E-state index in [1.165, 1.54) is 0 Å². The lowest BCUT2D eigenvalue weighted by Gasteiger charge is -2.33. The van der Waals surface area contributed by atoms with Gasteiger partial charge in [0.1, 0.15) is 5.52 Å². The predicted molar refractivity (Wildman–Crippen MR) is 109 cm³/mol. The average Bonchev–Trinajstić information content (AvgIpc) is 3.05. The van der Waals surface area contributed by atoms with Crippen LogP contribution in [0, 0.1) is 20.8 Å². The van der Waals surface area contributed by atoms with Gasteiger partial charge >= 0.3 is 0 Å². The van der Waals surface area contributed by atoms with Crippen LogP contribution in [0.1, 0.15) is 22.6 Å². The van der Waals surface area contributed by atoms with Gasteiger partial charge in [0.15, 0.2) is 5.58 Å². The number of aromatic nitrogens is 1. The van der Waals surface area contributed by atoms with Crippen molar-refractivity contribution >= 4 is 21.1 Å². The normalized spacial score (nSPS) is 16.7. The Morgan fingerprint density at radius 1 is 0.964 bits per heavy atom. The third-order valence-corrected chi connectivity index (χ3v) is 7.29. The van der Waals surface area contributed by atoms with E-state index in [4.69, 9.17) is 4.42 Å². The maximum atomic E-state index is 12.9. The van der Waals surface area contributed by atoms with E-state index in [2.05, 4.69) is 9.88 Å². The van der Waals surface area contributed by atoms with Gasteiger partial charge in [0.05, 0.1) is 11.4 Å². The molecule has 1 aliphatic rings. The Balaban J connectivity index is 1.42. The van der Waals surface area contributed by atoms with Gasteiger partial charge in [-0.2, -0.15) is 4.31 Å². The number of nitrogens with zero attached hydrogens (tertiary/aromatic N) is 3. The van der Waals surface area contributed by atoms with Crippen LogP contribution in [0.25, 0.3) is 11.1 Å². The number of piperazine rings is 1. The minimum absolute atomic E-state index is 0.373. The molecular weight excluding hydrogens is 374 g/mol. The maximum absolute atomic E-state index is 12.9. The first kappa shape index (κ1) is 19.1. The molecule has 0 amide bonds. The van der Waals surface area contributed by atoms with Crippen molar-refractivity contribution in [3.05, 3.63) is 59.0 Å². The molecule has 0 N–H and O–H groups in total. The molecule has 0 bridgehead atoms.